The summed E-state index contributed by atoms with van der Waals surface area (Å²) in [6, 6.07) is 8.60. The number of furan rings is 1. The number of nitrogens with one attached hydrogen (secondary N) is 1. The van der Waals surface area contributed by atoms with Gasteiger partial charge in [0.25, 0.3) is 5.56 Å². The Kier molecular flexibility index (Phi) is 7.34. The van der Waals surface area contributed by atoms with Crippen LogP contribution < -0.4 is 30.8 Å². The number of allylic oxidation sites excluding steroid dienone is 1. The van der Waals surface area contributed by atoms with Gasteiger partial charge in [0.15, 0.2) is 5.75 Å². The number of methoxy groups -OCH3 is 2. The maximum atomic E-state index is 15.1. The van der Waals surface area contributed by atoms with Gasteiger partial charge in [-0.25, -0.2) is 9.59 Å². The highest BCUT2D eigenvalue weighted by Gasteiger charge is 2.64. The average molecular weight is 709 g/mol. The lowest BCUT2D eigenvalue weighted by molar-refractivity contribution is -0.130. The minimum absolute atomic E-state index is 0.00734. The molecule has 1 aliphatic carbocycles. The second-order valence-electron chi connectivity index (χ2n) is 12.0. The second kappa shape index (κ2) is 11.1. The number of anilines is 1. The molecule has 0 amide bonds. The summed E-state index contributed by atoms with van der Waals surface area (Å²) in [4.78, 5) is 68.2. The van der Waals surface area contributed by atoms with Crippen molar-refractivity contribution >= 4 is 46.6 Å². The molecule has 0 radical (unpaired) electrons. The van der Waals surface area contributed by atoms with Crippen molar-refractivity contribution in [2.45, 2.75) is 24.9 Å². The highest BCUT2D eigenvalue weighted by Crippen LogP contribution is 2.56. The molecule has 15 heteroatoms. The third-order valence-electron chi connectivity index (χ3n) is 9.47. The Balaban J connectivity index is 1.46. The van der Waals surface area contributed by atoms with E-state index in [1.54, 1.807) is 6.92 Å². The monoisotopic (exact) mass is 707 g/mol. The van der Waals surface area contributed by atoms with E-state index in [9.17, 15) is 24.3 Å². The molecule has 0 bridgehead atoms. The van der Waals surface area contributed by atoms with E-state index in [1.807, 2.05) is 0 Å². The zero-order valence-electron chi connectivity index (χ0n) is 26.6. The van der Waals surface area contributed by atoms with E-state index in [-0.39, 0.29) is 78.9 Å². The van der Waals surface area contributed by atoms with Crippen molar-refractivity contribution in [1.29, 1.82) is 0 Å². The Morgan fingerprint density at radius 2 is 1.71 bits per heavy atom. The first-order valence-corrected chi connectivity index (χ1v) is 15.7. The average Bonchev–Trinajstić information content (AvgIpc) is 3.69. The van der Waals surface area contributed by atoms with Crippen molar-refractivity contribution in [3.05, 3.63) is 101 Å². The van der Waals surface area contributed by atoms with E-state index in [2.05, 4.69) is 5.32 Å². The third-order valence-corrected chi connectivity index (χ3v) is 10.2. The molecule has 7 rings (SSSR count). The van der Waals surface area contributed by atoms with E-state index < -0.39 is 46.2 Å². The van der Waals surface area contributed by atoms with Crippen LogP contribution in [0.5, 0.6) is 17.2 Å². The van der Waals surface area contributed by atoms with Gasteiger partial charge in [0, 0.05) is 42.9 Å². The number of rotatable bonds is 5. The van der Waals surface area contributed by atoms with E-state index in [1.165, 1.54) is 69.3 Å². The van der Waals surface area contributed by atoms with Gasteiger partial charge in [-0.15, -0.1) is 0 Å². The van der Waals surface area contributed by atoms with Crippen molar-refractivity contribution in [2.24, 2.45) is 20.0 Å². The van der Waals surface area contributed by atoms with Gasteiger partial charge in [-0.2, -0.15) is 0 Å². The molecule has 49 heavy (non-hydrogen) atoms. The quantitative estimate of drug-likeness (QED) is 0.273. The van der Waals surface area contributed by atoms with Crippen LogP contribution in [-0.4, -0.2) is 51.6 Å². The number of carbonyl (C=O) groups excluding carboxylic acids is 2. The van der Waals surface area contributed by atoms with E-state index in [4.69, 9.17) is 41.8 Å². The summed E-state index contributed by atoms with van der Waals surface area (Å²) in [5.74, 6) is -4.02. The molecule has 2 aromatic heterocycles. The standard InChI is InChI=1S/C34H27Cl2N3O10/c1-13-10-17-22(28(40)34(13)29(41)24-20(46-4)12-21(47-5)26(36)27(24)49-34)23(25-30(37-17)38(2)33(45)39(3)31(25)42)19-9-8-18(48-19)15-11-14(32(43)44)6-7-16(15)35/h6-9,11-13,23,37H,10H2,1-5H3,(H,43,44)/t13-,23+,34+/m1/s1. The van der Waals surface area contributed by atoms with Gasteiger partial charge >= 0.3 is 11.7 Å². The number of carbonyl (C=O) groups is 3. The van der Waals surface area contributed by atoms with Gasteiger partial charge in [0.05, 0.1) is 36.3 Å². The number of ether oxygens (including phenoxy) is 3. The molecule has 2 aliphatic heterocycles. The minimum atomic E-state index is -2.11. The normalized spacial score (nSPS) is 20.8. The van der Waals surface area contributed by atoms with E-state index in [0.717, 1.165) is 4.57 Å². The minimum Gasteiger partial charge on any atom is -0.496 e. The molecule has 0 unspecified atom stereocenters. The fourth-order valence-corrected chi connectivity index (χ4v) is 7.45. The predicted octanol–water partition coefficient (Wildman–Crippen LogP) is 4.80. The molecule has 4 aromatic rings. The molecule has 0 saturated carbocycles. The lowest BCUT2D eigenvalue weighted by Gasteiger charge is -2.42. The lowest BCUT2D eigenvalue weighted by atomic mass is 9.66. The number of halogens is 2. The molecule has 3 atom stereocenters. The summed E-state index contributed by atoms with van der Waals surface area (Å²) in [7, 11) is 5.54. The molecule has 2 N–H and O–H groups in total. The fraction of sp³-hybridized carbons (Fsp3) is 0.265. The van der Waals surface area contributed by atoms with Crippen LogP contribution in [0.15, 0.2) is 61.7 Å². The first-order chi connectivity index (χ1) is 23.3. The molecule has 4 heterocycles. The molecule has 2 aromatic carbocycles. The molecule has 13 nitrogen and oxygen atoms in total. The van der Waals surface area contributed by atoms with E-state index >= 15 is 4.79 Å². The number of hydrogen-bond acceptors (Lipinski definition) is 10. The van der Waals surface area contributed by atoms with Gasteiger partial charge in [-0.3, -0.25) is 23.5 Å². The topological polar surface area (TPSA) is 168 Å². The number of benzene rings is 2. The van der Waals surface area contributed by atoms with Crippen LogP contribution in [0.1, 0.15) is 51.3 Å². The second-order valence-corrected chi connectivity index (χ2v) is 12.8. The molecule has 0 fully saturated rings. The van der Waals surface area contributed by atoms with Crippen molar-refractivity contribution < 1.29 is 38.1 Å². The Bertz CT molecular complexity index is 2330. The first kappa shape index (κ1) is 32.3. The summed E-state index contributed by atoms with van der Waals surface area (Å²) in [5.41, 5.74) is -2.86. The summed E-state index contributed by atoms with van der Waals surface area (Å²) in [6.07, 6.45) is 0.0806. The largest absolute Gasteiger partial charge is 0.496 e. The highest BCUT2D eigenvalue weighted by atomic mass is 35.5. The van der Waals surface area contributed by atoms with Gasteiger partial charge in [-0.1, -0.05) is 30.1 Å². The number of fused-ring (bicyclic) bond motifs is 2. The zero-order valence-corrected chi connectivity index (χ0v) is 28.1. The Hall–Kier alpha value is -5.27. The van der Waals surface area contributed by atoms with Gasteiger partial charge in [0.2, 0.25) is 17.2 Å². The SMILES string of the molecule is COc1cc(OC)c2c(c1Cl)O[C@@]1(C(=O)C3=C(C[C@H]1C)Nc1c(c(=O)n(C)c(=O)n1C)[C@H]3c1ccc(-c3cc(C(=O)O)ccc3Cl)o1)C2=O. The molecule has 1 spiro atoms. The number of ketones is 2. The lowest BCUT2D eigenvalue weighted by Crippen LogP contribution is -2.58. The van der Waals surface area contributed by atoms with Crippen LogP contribution in [-0.2, 0) is 18.9 Å². The summed E-state index contributed by atoms with van der Waals surface area (Å²) >= 11 is 13.1. The Morgan fingerprint density at radius 1 is 1.00 bits per heavy atom. The smallest absolute Gasteiger partial charge is 0.335 e. The molecular weight excluding hydrogens is 681 g/mol. The van der Waals surface area contributed by atoms with Crippen LogP contribution in [0.3, 0.4) is 0 Å². The number of aromatic carboxylic acids is 1. The van der Waals surface area contributed by atoms with Crippen molar-refractivity contribution in [2.75, 3.05) is 19.5 Å². The number of nitrogens with zero attached hydrogens (tertiary/aromatic N) is 2. The summed E-state index contributed by atoms with van der Waals surface area (Å²) in [6.45, 7) is 1.68. The van der Waals surface area contributed by atoms with Crippen molar-refractivity contribution in [3.8, 4) is 28.6 Å². The molecule has 3 aliphatic rings. The van der Waals surface area contributed by atoms with Gasteiger partial charge < -0.3 is 29.1 Å². The highest BCUT2D eigenvalue weighted by molar-refractivity contribution is 6.36. The first-order valence-electron chi connectivity index (χ1n) is 14.9. The number of hydrogen-bond donors (Lipinski definition) is 2. The molecule has 252 valence electrons. The van der Waals surface area contributed by atoms with Crippen LogP contribution >= 0.6 is 23.2 Å². The third kappa shape index (κ3) is 4.34. The maximum absolute atomic E-state index is 15.1. The van der Waals surface area contributed by atoms with Crippen molar-refractivity contribution in [1.82, 2.24) is 9.13 Å². The number of carboxylic acids is 1. The van der Waals surface area contributed by atoms with Crippen LogP contribution in [0.2, 0.25) is 10.0 Å². The van der Waals surface area contributed by atoms with Crippen LogP contribution in [0, 0.1) is 5.92 Å². The van der Waals surface area contributed by atoms with Crippen LogP contribution in [0.25, 0.3) is 11.3 Å². The molecular formula is C34H27Cl2N3O10. The summed E-state index contributed by atoms with van der Waals surface area (Å²) < 4.78 is 25.6. The number of Topliss-reactive ketones (excluding diaryl/α,β-unsaturated/α-hetero) is 2. The number of aromatic nitrogens is 2. The number of carboxylic acid groups (broad SMARTS) is 1. The molecule has 0 saturated heterocycles. The zero-order chi connectivity index (χ0) is 35.3. The summed E-state index contributed by atoms with van der Waals surface area (Å²) in [5, 5.41) is 12.9. The Labute approximate surface area is 287 Å². The van der Waals surface area contributed by atoms with E-state index in [0.29, 0.717) is 5.70 Å². The Morgan fingerprint density at radius 3 is 2.39 bits per heavy atom. The maximum Gasteiger partial charge on any atom is 0.335 e. The predicted molar refractivity (Wildman–Crippen MR) is 177 cm³/mol. The van der Waals surface area contributed by atoms with Gasteiger partial charge in [-0.05, 0) is 36.8 Å². The van der Waals surface area contributed by atoms with Crippen LogP contribution in [0.4, 0.5) is 5.82 Å². The van der Waals surface area contributed by atoms with Crippen molar-refractivity contribution in [3.63, 3.8) is 0 Å². The van der Waals surface area contributed by atoms with Gasteiger partial charge in [0.1, 0.15) is 39.4 Å². The fourth-order valence-electron chi connectivity index (χ4n) is 6.97.